The van der Waals surface area contributed by atoms with Crippen molar-refractivity contribution in [1.82, 2.24) is 9.88 Å². The minimum atomic E-state index is -0.186. The molecule has 22 heavy (non-hydrogen) atoms. The number of benzene rings is 2. The van der Waals surface area contributed by atoms with Crippen molar-refractivity contribution in [3.05, 3.63) is 72.2 Å². The van der Waals surface area contributed by atoms with Crippen LogP contribution in [0.2, 0.25) is 0 Å². The summed E-state index contributed by atoms with van der Waals surface area (Å²) in [6.45, 7) is 4.04. The van der Waals surface area contributed by atoms with Gasteiger partial charge in [-0.05, 0) is 49.3 Å². The Hall–Kier alpha value is -2.13. The largest absolute Gasteiger partial charge is 0.340 e. The van der Waals surface area contributed by atoms with E-state index in [1.807, 2.05) is 18.2 Å². The lowest BCUT2D eigenvalue weighted by atomic mass is 10.0. The van der Waals surface area contributed by atoms with E-state index in [0.29, 0.717) is 0 Å². The first-order valence-corrected chi connectivity index (χ1v) is 7.81. The fourth-order valence-corrected chi connectivity index (χ4v) is 2.96. The number of nitrogens with one attached hydrogen (secondary N) is 1. The summed E-state index contributed by atoms with van der Waals surface area (Å²) in [7, 11) is 0. The van der Waals surface area contributed by atoms with Crippen LogP contribution in [0.5, 0.6) is 0 Å². The molecule has 0 aliphatic carbocycles. The first kappa shape index (κ1) is 14.8. The highest BCUT2D eigenvalue weighted by molar-refractivity contribution is 5.80. The van der Waals surface area contributed by atoms with Crippen LogP contribution >= 0.6 is 0 Å². The van der Waals surface area contributed by atoms with E-state index in [-0.39, 0.29) is 11.9 Å². The fraction of sp³-hybridized carbons (Fsp3) is 0.263. The van der Waals surface area contributed by atoms with Gasteiger partial charge in [-0.1, -0.05) is 37.3 Å². The third-order valence-corrected chi connectivity index (χ3v) is 4.05. The summed E-state index contributed by atoms with van der Waals surface area (Å²) >= 11 is 0. The Morgan fingerprint density at radius 3 is 2.68 bits per heavy atom. The Bertz CT molecular complexity index is 734. The van der Waals surface area contributed by atoms with Crippen LogP contribution in [0.1, 0.15) is 24.9 Å². The van der Waals surface area contributed by atoms with Gasteiger partial charge in [-0.25, -0.2) is 4.39 Å². The van der Waals surface area contributed by atoms with Crippen molar-refractivity contribution in [3.8, 4) is 0 Å². The highest BCUT2D eigenvalue weighted by Crippen LogP contribution is 2.27. The molecule has 0 amide bonds. The Labute approximate surface area is 130 Å². The molecular weight excluding hydrogens is 275 g/mol. The van der Waals surface area contributed by atoms with Crippen molar-refractivity contribution in [3.63, 3.8) is 0 Å². The van der Waals surface area contributed by atoms with Crippen LogP contribution in [-0.4, -0.2) is 17.7 Å². The highest BCUT2D eigenvalue weighted by Gasteiger charge is 2.15. The molecule has 2 aromatic carbocycles. The quantitative estimate of drug-likeness (QED) is 0.668. The second-order valence-electron chi connectivity index (χ2n) is 5.49. The van der Waals surface area contributed by atoms with E-state index < -0.39 is 0 Å². The molecule has 1 atom stereocenters. The molecule has 0 saturated carbocycles. The monoisotopic (exact) mass is 296 g/mol. The maximum absolute atomic E-state index is 13.4. The third-order valence-electron chi connectivity index (χ3n) is 4.05. The van der Waals surface area contributed by atoms with Crippen LogP contribution < -0.4 is 5.32 Å². The number of fused-ring (bicyclic) bond motifs is 1. The summed E-state index contributed by atoms with van der Waals surface area (Å²) in [4.78, 5) is 0. The van der Waals surface area contributed by atoms with Gasteiger partial charge >= 0.3 is 0 Å². The first-order valence-electron chi connectivity index (χ1n) is 7.81. The van der Waals surface area contributed by atoms with Crippen LogP contribution in [0.4, 0.5) is 4.39 Å². The van der Waals surface area contributed by atoms with Gasteiger partial charge in [0.05, 0.1) is 6.04 Å². The molecule has 2 nitrogen and oxygen atoms in total. The molecule has 1 aromatic heterocycles. The molecule has 1 unspecified atom stereocenters. The number of nitrogens with zero attached hydrogens (tertiary/aromatic N) is 1. The van der Waals surface area contributed by atoms with Gasteiger partial charge in [-0.3, -0.25) is 0 Å². The van der Waals surface area contributed by atoms with E-state index in [1.165, 1.54) is 11.6 Å². The van der Waals surface area contributed by atoms with Crippen LogP contribution in [0.3, 0.4) is 0 Å². The second-order valence-corrected chi connectivity index (χ2v) is 5.49. The molecule has 0 spiro atoms. The van der Waals surface area contributed by atoms with Gasteiger partial charge in [0.2, 0.25) is 0 Å². The van der Waals surface area contributed by atoms with Crippen molar-refractivity contribution in [2.75, 3.05) is 13.1 Å². The SMILES string of the molecule is CCNCCC(c1ccccc1)n1ccc2cc(F)ccc21. The number of aromatic nitrogens is 1. The van der Waals surface area contributed by atoms with Gasteiger partial charge in [0, 0.05) is 17.1 Å². The Morgan fingerprint density at radius 1 is 1.09 bits per heavy atom. The predicted molar refractivity (Wildman–Crippen MR) is 89.6 cm³/mol. The van der Waals surface area contributed by atoms with E-state index in [0.717, 1.165) is 30.4 Å². The summed E-state index contributed by atoms with van der Waals surface area (Å²) < 4.78 is 15.7. The molecule has 1 N–H and O–H groups in total. The van der Waals surface area contributed by atoms with Crippen molar-refractivity contribution >= 4 is 10.9 Å². The van der Waals surface area contributed by atoms with Gasteiger partial charge in [-0.15, -0.1) is 0 Å². The van der Waals surface area contributed by atoms with E-state index in [1.54, 1.807) is 6.07 Å². The summed E-state index contributed by atoms with van der Waals surface area (Å²) in [6.07, 6.45) is 3.06. The molecule has 0 aliphatic rings. The van der Waals surface area contributed by atoms with E-state index in [4.69, 9.17) is 0 Å². The molecule has 0 bridgehead atoms. The van der Waals surface area contributed by atoms with E-state index in [2.05, 4.69) is 47.3 Å². The lowest BCUT2D eigenvalue weighted by Crippen LogP contribution is -2.20. The highest BCUT2D eigenvalue weighted by atomic mass is 19.1. The summed E-state index contributed by atoms with van der Waals surface area (Å²) in [5, 5.41) is 4.34. The van der Waals surface area contributed by atoms with Gasteiger partial charge in [0.25, 0.3) is 0 Å². The lowest BCUT2D eigenvalue weighted by Gasteiger charge is -2.21. The van der Waals surface area contributed by atoms with Crippen LogP contribution in [0, 0.1) is 5.82 Å². The molecule has 0 saturated heterocycles. The molecule has 1 heterocycles. The van der Waals surface area contributed by atoms with Crippen LogP contribution in [-0.2, 0) is 0 Å². The average Bonchev–Trinajstić information content (AvgIpc) is 2.95. The zero-order valence-corrected chi connectivity index (χ0v) is 12.8. The number of hydrogen-bond donors (Lipinski definition) is 1. The minimum Gasteiger partial charge on any atom is -0.340 e. The number of hydrogen-bond acceptors (Lipinski definition) is 1. The fourth-order valence-electron chi connectivity index (χ4n) is 2.96. The Balaban J connectivity index is 2.00. The van der Waals surface area contributed by atoms with Crippen molar-refractivity contribution < 1.29 is 4.39 Å². The normalized spacial score (nSPS) is 12.6. The maximum atomic E-state index is 13.4. The standard InChI is InChI=1S/C19H21FN2/c1-2-21-12-10-19(15-6-4-3-5-7-15)22-13-11-16-14-17(20)8-9-18(16)22/h3-9,11,13-14,19,21H,2,10,12H2,1H3. The Kier molecular flexibility index (Phi) is 4.54. The zero-order valence-electron chi connectivity index (χ0n) is 12.8. The average molecular weight is 296 g/mol. The van der Waals surface area contributed by atoms with Crippen molar-refractivity contribution in [1.29, 1.82) is 0 Å². The second kappa shape index (κ2) is 6.75. The van der Waals surface area contributed by atoms with E-state index in [9.17, 15) is 4.39 Å². The lowest BCUT2D eigenvalue weighted by molar-refractivity contribution is 0.527. The molecule has 114 valence electrons. The van der Waals surface area contributed by atoms with Gasteiger partial charge < -0.3 is 9.88 Å². The molecule has 0 aliphatic heterocycles. The summed E-state index contributed by atoms with van der Waals surface area (Å²) in [6, 6.07) is 17.7. The zero-order chi connectivity index (χ0) is 15.4. The molecule has 0 fully saturated rings. The molecular formula is C19H21FN2. The molecule has 3 rings (SSSR count). The van der Waals surface area contributed by atoms with E-state index >= 15 is 0 Å². The molecule has 3 aromatic rings. The van der Waals surface area contributed by atoms with Gasteiger partial charge in [0.15, 0.2) is 0 Å². The summed E-state index contributed by atoms with van der Waals surface area (Å²) in [5.74, 6) is -0.186. The third kappa shape index (κ3) is 3.04. The predicted octanol–water partition coefficient (Wildman–Crippen LogP) is 4.37. The van der Waals surface area contributed by atoms with Crippen molar-refractivity contribution in [2.45, 2.75) is 19.4 Å². The number of halogens is 1. The first-order chi connectivity index (χ1) is 10.8. The topological polar surface area (TPSA) is 17.0 Å². The van der Waals surface area contributed by atoms with Crippen LogP contribution in [0.15, 0.2) is 60.8 Å². The van der Waals surface area contributed by atoms with Gasteiger partial charge in [-0.2, -0.15) is 0 Å². The Morgan fingerprint density at radius 2 is 1.91 bits per heavy atom. The number of rotatable bonds is 6. The smallest absolute Gasteiger partial charge is 0.123 e. The maximum Gasteiger partial charge on any atom is 0.123 e. The summed E-state index contributed by atoms with van der Waals surface area (Å²) in [5.41, 5.74) is 2.36. The minimum absolute atomic E-state index is 0.186. The van der Waals surface area contributed by atoms with Crippen LogP contribution in [0.25, 0.3) is 10.9 Å². The van der Waals surface area contributed by atoms with Gasteiger partial charge in [0.1, 0.15) is 5.82 Å². The molecule has 0 radical (unpaired) electrons. The molecule has 3 heteroatoms. The van der Waals surface area contributed by atoms with Crippen molar-refractivity contribution in [2.24, 2.45) is 0 Å².